The molecule has 2 aromatic carbocycles. The molecule has 0 fully saturated rings. The molecule has 1 amide bonds. The third-order valence-electron chi connectivity index (χ3n) is 7.81. The van der Waals surface area contributed by atoms with Crippen molar-refractivity contribution < 1.29 is 4.79 Å². The van der Waals surface area contributed by atoms with Gasteiger partial charge in [0, 0.05) is 39.4 Å². The fraction of sp³-hybridized carbons (Fsp3) is 0.333. The molecule has 0 aliphatic heterocycles. The van der Waals surface area contributed by atoms with Crippen molar-refractivity contribution >= 4 is 34.1 Å². The van der Waals surface area contributed by atoms with E-state index in [1.807, 2.05) is 36.5 Å². The monoisotopic (exact) mass is 523 g/mol. The number of fused-ring (bicyclic) bond motifs is 1. The number of hydrogen-bond donors (Lipinski definition) is 1. The summed E-state index contributed by atoms with van der Waals surface area (Å²) < 4.78 is 2.26. The Bertz CT molecular complexity index is 1480. The molecule has 0 spiro atoms. The Morgan fingerprint density at radius 3 is 2.45 bits per heavy atom. The van der Waals surface area contributed by atoms with E-state index in [1.54, 1.807) is 11.3 Å². The van der Waals surface area contributed by atoms with Gasteiger partial charge >= 0.3 is 0 Å². The van der Waals surface area contributed by atoms with E-state index in [2.05, 4.69) is 81.8 Å². The van der Waals surface area contributed by atoms with Crippen LogP contribution in [0.2, 0.25) is 0 Å². The summed E-state index contributed by atoms with van der Waals surface area (Å²) in [6.07, 6.45) is 4.96. The number of benzene rings is 2. The van der Waals surface area contributed by atoms with Gasteiger partial charge in [-0.15, -0.1) is 11.3 Å². The molecule has 0 unspecified atom stereocenters. The summed E-state index contributed by atoms with van der Waals surface area (Å²) in [6.45, 7) is 13.3. The zero-order chi connectivity index (χ0) is 27.0. The van der Waals surface area contributed by atoms with Crippen LogP contribution in [-0.4, -0.2) is 16.7 Å². The molecule has 38 heavy (non-hydrogen) atoms. The van der Waals surface area contributed by atoms with Crippen LogP contribution >= 0.6 is 11.3 Å². The van der Waals surface area contributed by atoms with Crippen LogP contribution in [0.1, 0.15) is 70.5 Å². The Balaban J connectivity index is 1.52. The van der Waals surface area contributed by atoms with Crippen LogP contribution in [-0.2, 0) is 12.8 Å². The number of carbonyl (C=O) groups is 1. The van der Waals surface area contributed by atoms with Crippen molar-refractivity contribution in [3.8, 4) is 5.69 Å². The highest BCUT2D eigenvalue weighted by Gasteiger charge is 2.33. The summed E-state index contributed by atoms with van der Waals surface area (Å²) in [6, 6.07) is 20.4. The Hall–Kier alpha value is -3.44. The minimum absolute atomic E-state index is 0.0693. The smallest absolute Gasteiger partial charge is 0.259 e. The highest BCUT2D eigenvalue weighted by atomic mass is 32.1. The molecule has 0 saturated heterocycles. The van der Waals surface area contributed by atoms with Crippen LogP contribution < -0.4 is 5.32 Å². The molecule has 5 rings (SSSR count). The number of rotatable bonds is 5. The molecule has 2 heterocycles. The van der Waals surface area contributed by atoms with E-state index in [9.17, 15) is 4.79 Å². The zero-order valence-electron chi connectivity index (χ0n) is 23.3. The SMILES string of the molecule is Cc1ccc(-n2c(C)cc(C=Nc3sc4c(c3C(=O)Nc3ccccc3)CC[C@H](C(C)(C)C)C4)c2C)cc1. The number of para-hydroxylation sites is 1. The molecule has 0 radical (unpaired) electrons. The van der Waals surface area contributed by atoms with E-state index >= 15 is 0 Å². The van der Waals surface area contributed by atoms with Gasteiger partial charge in [-0.25, -0.2) is 4.99 Å². The average Bonchev–Trinajstić information content (AvgIpc) is 3.39. The van der Waals surface area contributed by atoms with Crippen LogP contribution in [0.4, 0.5) is 10.7 Å². The summed E-state index contributed by atoms with van der Waals surface area (Å²) in [5.41, 5.74) is 8.72. The molecular weight excluding hydrogens is 486 g/mol. The third kappa shape index (κ3) is 5.25. The predicted molar refractivity (Wildman–Crippen MR) is 161 cm³/mol. The number of amides is 1. The lowest BCUT2D eigenvalue weighted by Crippen LogP contribution is -2.27. The van der Waals surface area contributed by atoms with Gasteiger partial charge in [0.15, 0.2) is 0 Å². The van der Waals surface area contributed by atoms with Crippen LogP contribution in [0.5, 0.6) is 0 Å². The molecule has 1 N–H and O–H groups in total. The summed E-state index contributed by atoms with van der Waals surface area (Å²) in [4.78, 5) is 19.9. The van der Waals surface area contributed by atoms with Crippen LogP contribution in [0.3, 0.4) is 0 Å². The molecule has 4 aromatic rings. The van der Waals surface area contributed by atoms with Gasteiger partial charge in [-0.2, -0.15) is 0 Å². The van der Waals surface area contributed by atoms with Gasteiger partial charge < -0.3 is 9.88 Å². The molecule has 2 aromatic heterocycles. The van der Waals surface area contributed by atoms with Crippen molar-refractivity contribution in [1.29, 1.82) is 0 Å². The molecule has 1 aliphatic rings. The topological polar surface area (TPSA) is 46.4 Å². The summed E-state index contributed by atoms with van der Waals surface area (Å²) in [5.74, 6) is 0.532. The standard InChI is InChI=1S/C33H37N3OS/c1-21-12-15-27(16-13-21)36-22(2)18-24(23(36)3)20-34-32-30(31(37)35-26-10-8-7-9-11-26)28-17-14-25(33(4,5)6)19-29(28)38-32/h7-13,15-16,18,20,25H,14,17,19H2,1-6H3,(H,35,37)/t25-/m0/s1. The van der Waals surface area contributed by atoms with Crippen LogP contribution in [0, 0.1) is 32.1 Å². The first-order chi connectivity index (χ1) is 18.1. The minimum Gasteiger partial charge on any atom is -0.322 e. The molecule has 1 aliphatic carbocycles. The average molecular weight is 524 g/mol. The molecule has 4 nitrogen and oxygen atoms in total. The van der Waals surface area contributed by atoms with Gasteiger partial charge in [0.1, 0.15) is 5.00 Å². The lowest BCUT2D eigenvalue weighted by molar-refractivity contribution is 0.102. The Labute approximate surface area is 230 Å². The Morgan fingerprint density at radius 2 is 1.76 bits per heavy atom. The number of hydrogen-bond acceptors (Lipinski definition) is 3. The molecule has 196 valence electrons. The summed E-state index contributed by atoms with van der Waals surface area (Å²) in [7, 11) is 0. The highest BCUT2D eigenvalue weighted by Crippen LogP contribution is 2.45. The van der Waals surface area contributed by atoms with Gasteiger partial charge in [0.25, 0.3) is 5.91 Å². The zero-order valence-corrected chi connectivity index (χ0v) is 24.1. The van der Waals surface area contributed by atoms with Crippen molar-refractivity contribution in [3.63, 3.8) is 0 Å². The third-order valence-corrected chi connectivity index (χ3v) is 8.98. The first-order valence-electron chi connectivity index (χ1n) is 13.4. The van der Waals surface area contributed by atoms with E-state index < -0.39 is 0 Å². The van der Waals surface area contributed by atoms with Gasteiger partial charge in [-0.1, -0.05) is 56.7 Å². The molecule has 0 saturated carbocycles. The maximum absolute atomic E-state index is 13.6. The normalized spacial score (nSPS) is 15.6. The second-order valence-electron chi connectivity index (χ2n) is 11.6. The van der Waals surface area contributed by atoms with E-state index in [1.165, 1.54) is 16.0 Å². The first-order valence-corrected chi connectivity index (χ1v) is 14.2. The van der Waals surface area contributed by atoms with Gasteiger partial charge in [0.2, 0.25) is 0 Å². The largest absolute Gasteiger partial charge is 0.322 e. The van der Waals surface area contributed by atoms with Crippen molar-refractivity contribution in [3.05, 3.63) is 99.2 Å². The van der Waals surface area contributed by atoms with Crippen molar-refractivity contribution in [2.45, 2.75) is 60.8 Å². The molecule has 0 bridgehead atoms. The number of carbonyl (C=O) groups excluding carboxylic acids is 1. The van der Waals surface area contributed by atoms with Gasteiger partial charge in [-0.05, 0) is 87.3 Å². The number of aryl methyl sites for hydroxylation is 2. The number of aliphatic imine (C=N–C) groups is 1. The van der Waals surface area contributed by atoms with Crippen molar-refractivity contribution in [1.82, 2.24) is 4.57 Å². The fourth-order valence-electron chi connectivity index (χ4n) is 5.49. The van der Waals surface area contributed by atoms with Crippen molar-refractivity contribution in [2.75, 3.05) is 5.32 Å². The van der Waals surface area contributed by atoms with Crippen LogP contribution in [0.25, 0.3) is 5.69 Å². The van der Waals surface area contributed by atoms with E-state index in [-0.39, 0.29) is 11.3 Å². The van der Waals surface area contributed by atoms with E-state index in [0.29, 0.717) is 5.92 Å². The van der Waals surface area contributed by atoms with E-state index in [4.69, 9.17) is 4.99 Å². The number of nitrogens with one attached hydrogen (secondary N) is 1. The second-order valence-corrected chi connectivity index (χ2v) is 12.6. The summed E-state index contributed by atoms with van der Waals surface area (Å²) in [5, 5.41) is 3.92. The summed E-state index contributed by atoms with van der Waals surface area (Å²) >= 11 is 1.69. The van der Waals surface area contributed by atoms with Gasteiger partial charge in [-0.3, -0.25) is 4.79 Å². The van der Waals surface area contributed by atoms with Crippen molar-refractivity contribution in [2.24, 2.45) is 16.3 Å². The van der Waals surface area contributed by atoms with Gasteiger partial charge in [0.05, 0.1) is 5.56 Å². The quantitative estimate of drug-likeness (QED) is 0.262. The predicted octanol–water partition coefficient (Wildman–Crippen LogP) is 8.62. The molecule has 5 heteroatoms. The number of anilines is 1. The lowest BCUT2D eigenvalue weighted by atomic mass is 9.72. The van der Waals surface area contributed by atoms with Crippen LogP contribution in [0.15, 0.2) is 65.7 Å². The maximum atomic E-state index is 13.6. The maximum Gasteiger partial charge on any atom is 0.259 e. The lowest BCUT2D eigenvalue weighted by Gasteiger charge is -2.33. The fourth-order valence-corrected chi connectivity index (χ4v) is 6.76. The number of thiophene rings is 1. The second kappa shape index (κ2) is 10.4. The molecular formula is C33H37N3OS. The first kappa shape index (κ1) is 26.2. The molecule has 1 atom stereocenters. The number of nitrogens with zero attached hydrogens (tertiary/aromatic N) is 2. The highest BCUT2D eigenvalue weighted by molar-refractivity contribution is 7.16. The van der Waals surface area contributed by atoms with E-state index in [0.717, 1.165) is 58.2 Å². The number of aromatic nitrogens is 1. The minimum atomic E-state index is -0.0693. The Morgan fingerprint density at radius 1 is 1.05 bits per heavy atom. The Kier molecular flexibility index (Phi) is 7.15.